The van der Waals surface area contributed by atoms with Crippen molar-refractivity contribution in [3.8, 4) is 0 Å². The molecule has 1 aromatic heterocycles. The number of nitrogens with zero attached hydrogens (tertiary/aromatic N) is 6. The van der Waals surface area contributed by atoms with Crippen molar-refractivity contribution in [2.75, 3.05) is 12.8 Å². The molecule has 2 N–H and O–H groups in total. The van der Waals surface area contributed by atoms with E-state index in [9.17, 15) is 24.6 Å². The lowest BCUT2D eigenvalue weighted by Crippen LogP contribution is -2.69. The number of amides is 2. The normalized spacial score (nSPS) is 27.4. The van der Waals surface area contributed by atoms with Crippen molar-refractivity contribution < 1.29 is 24.6 Å². The number of allylic oxidation sites excluding steroid dienone is 1. The first kappa shape index (κ1) is 16.2. The van der Waals surface area contributed by atoms with Crippen LogP contribution in [0, 0.1) is 0 Å². The fraction of sp³-hybridized carbons (Fsp3) is 0.500. The van der Waals surface area contributed by atoms with Crippen molar-refractivity contribution in [1.82, 2.24) is 30.0 Å². The number of aromatic nitrogens is 4. The molecule has 0 radical (unpaired) electrons. The Balaban J connectivity index is 1.71. The third-order valence-corrected chi connectivity index (χ3v) is 6.42. The smallest absolute Gasteiger partial charge is 0.408 e. The van der Waals surface area contributed by atoms with E-state index in [1.165, 1.54) is 33.1 Å². The molecule has 3 atom stereocenters. The molecule has 3 aliphatic rings. The number of carboxylic acids is 1. The summed E-state index contributed by atoms with van der Waals surface area (Å²) in [6.45, 7) is 0.291. The summed E-state index contributed by atoms with van der Waals surface area (Å²) in [7, 11) is 0. The number of thioether (sulfide) groups is 2. The van der Waals surface area contributed by atoms with Crippen molar-refractivity contribution in [3.05, 3.63) is 10.6 Å². The van der Waals surface area contributed by atoms with E-state index >= 15 is 0 Å². The number of tetrazole rings is 1. The van der Waals surface area contributed by atoms with Gasteiger partial charge in [-0.15, -0.1) is 16.9 Å². The number of likely N-dealkylation sites (tertiary alicyclic amines) is 1. The Hall–Kier alpha value is -2.28. The van der Waals surface area contributed by atoms with E-state index in [4.69, 9.17) is 0 Å². The van der Waals surface area contributed by atoms with Crippen LogP contribution in [0.3, 0.4) is 0 Å². The number of aliphatic carboxylic acids is 1. The molecule has 2 fully saturated rings. The molecule has 0 unspecified atom stereocenters. The monoisotopic (exact) mass is 384 g/mol. The maximum Gasteiger partial charge on any atom is 0.408 e. The Morgan fingerprint density at radius 1 is 1.40 bits per heavy atom. The zero-order valence-corrected chi connectivity index (χ0v) is 14.4. The second-order valence-electron chi connectivity index (χ2n) is 5.64. The van der Waals surface area contributed by atoms with Gasteiger partial charge in [-0.1, -0.05) is 11.8 Å². The van der Waals surface area contributed by atoms with Crippen molar-refractivity contribution in [3.63, 3.8) is 0 Å². The highest BCUT2D eigenvalue weighted by Gasteiger charge is 2.64. The molecule has 4 heterocycles. The molecule has 0 spiro atoms. The van der Waals surface area contributed by atoms with Gasteiger partial charge in [-0.3, -0.25) is 14.6 Å². The summed E-state index contributed by atoms with van der Waals surface area (Å²) in [5.74, 6) is -1.72. The van der Waals surface area contributed by atoms with Crippen LogP contribution in [0.2, 0.25) is 0 Å². The standard InChI is InChI=1S/C12H12N6O5S2/c1-24-11-13-14-15-17(11)3-5-7(10(20)21)18-6-4(25-5)2-16(12(22)23)8(6)9(18)19/h4,6,8H,2-3H2,1H3,(H,20,21)(H,22,23)/t4-,6-,8+/m1/s1. The minimum Gasteiger partial charge on any atom is -0.477 e. The summed E-state index contributed by atoms with van der Waals surface area (Å²) in [4.78, 5) is 38.3. The minimum absolute atomic E-state index is 0.109. The number of β-lactam (4-membered cyclic amide) rings is 1. The predicted octanol–water partition coefficient (Wildman–Crippen LogP) is -0.620. The van der Waals surface area contributed by atoms with Gasteiger partial charge in [-0.2, -0.15) is 0 Å². The van der Waals surface area contributed by atoms with Gasteiger partial charge < -0.3 is 10.2 Å². The summed E-state index contributed by atoms with van der Waals surface area (Å²) in [5.41, 5.74) is -0.109. The van der Waals surface area contributed by atoms with Gasteiger partial charge in [0.2, 0.25) is 5.16 Å². The Kier molecular flexibility index (Phi) is 3.64. The van der Waals surface area contributed by atoms with Crippen molar-refractivity contribution in [2.45, 2.75) is 29.0 Å². The molecular weight excluding hydrogens is 372 g/mol. The lowest BCUT2D eigenvalue weighted by atomic mass is 9.94. The van der Waals surface area contributed by atoms with Crippen LogP contribution >= 0.6 is 23.5 Å². The molecule has 3 aliphatic heterocycles. The lowest BCUT2D eigenvalue weighted by Gasteiger charge is -2.49. The van der Waals surface area contributed by atoms with Crippen molar-refractivity contribution in [1.29, 1.82) is 0 Å². The molecule has 0 saturated carbocycles. The molecule has 1 aromatic rings. The predicted molar refractivity (Wildman–Crippen MR) is 84.8 cm³/mol. The number of carbonyl (C=O) groups is 3. The first-order valence-electron chi connectivity index (χ1n) is 7.20. The van der Waals surface area contributed by atoms with Gasteiger partial charge >= 0.3 is 12.1 Å². The maximum absolute atomic E-state index is 12.4. The highest BCUT2D eigenvalue weighted by Crippen LogP contribution is 2.49. The van der Waals surface area contributed by atoms with Crippen LogP contribution in [0.4, 0.5) is 4.79 Å². The lowest BCUT2D eigenvalue weighted by molar-refractivity contribution is -0.154. The highest BCUT2D eigenvalue weighted by molar-refractivity contribution is 8.03. The van der Waals surface area contributed by atoms with Crippen LogP contribution in [0.25, 0.3) is 0 Å². The fourth-order valence-corrected chi connectivity index (χ4v) is 5.38. The molecule has 4 rings (SSSR count). The molecule has 0 bridgehead atoms. The molecule has 2 amide bonds. The molecule has 25 heavy (non-hydrogen) atoms. The summed E-state index contributed by atoms with van der Waals surface area (Å²) in [6.07, 6.45) is 0.626. The van der Waals surface area contributed by atoms with Crippen molar-refractivity contribution >= 4 is 41.5 Å². The first-order valence-corrected chi connectivity index (χ1v) is 9.30. The van der Waals surface area contributed by atoms with Crippen molar-refractivity contribution in [2.24, 2.45) is 0 Å². The van der Waals surface area contributed by atoms with Gasteiger partial charge in [0.25, 0.3) is 5.91 Å². The van der Waals surface area contributed by atoms with E-state index in [1.54, 1.807) is 6.26 Å². The van der Waals surface area contributed by atoms with Crippen LogP contribution in [-0.2, 0) is 16.1 Å². The number of hydrogen-bond acceptors (Lipinski definition) is 8. The molecule has 0 aromatic carbocycles. The van der Waals surface area contributed by atoms with Gasteiger partial charge in [0.15, 0.2) is 0 Å². The van der Waals surface area contributed by atoms with E-state index in [2.05, 4.69) is 15.5 Å². The third kappa shape index (κ3) is 2.22. The molecule has 132 valence electrons. The summed E-state index contributed by atoms with van der Waals surface area (Å²) < 4.78 is 1.46. The summed E-state index contributed by atoms with van der Waals surface area (Å²) in [6, 6.07) is -1.22. The van der Waals surface area contributed by atoms with Crippen LogP contribution in [0.15, 0.2) is 15.8 Å². The third-order valence-electron chi connectivity index (χ3n) is 4.43. The Morgan fingerprint density at radius 2 is 2.16 bits per heavy atom. The Morgan fingerprint density at radius 3 is 2.80 bits per heavy atom. The Bertz CT molecular complexity index is 825. The number of hydrogen-bond donors (Lipinski definition) is 2. The minimum atomic E-state index is -1.22. The van der Waals surface area contributed by atoms with Gasteiger partial charge in [0.1, 0.15) is 11.7 Å². The Labute approximate surface area is 149 Å². The number of rotatable bonds is 4. The molecule has 11 nitrogen and oxygen atoms in total. The number of carboxylic acid groups (broad SMARTS) is 2. The van der Waals surface area contributed by atoms with E-state index in [0.717, 1.165) is 4.90 Å². The topological polar surface area (TPSA) is 142 Å². The van der Waals surface area contributed by atoms with Gasteiger partial charge in [0, 0.05) is 11.4 Å². The van der Waals surface area contributed by atoms with Gasteiger partial charge in [0.05, 0.1) is 17.8 Å². The zero-order valence-electron chi connectivity index (χ0n) is 12.8. The second-order valence-corrected chi connectivity index (χ2v) is 7.74. The quantitative estimate of drug-likeness (QED) is 0.509. The summed E-state index contributed by atoms with van der Waals surface area (Å²) >= 11 is 2.60. The van der Waals surface area contributed by atoms with Crippen LogP contribution in [-0.4, -0.2) is 88.3 Å². The van der Waals surface area contributed by atoms with E-state index in [0.29, 0.717) is 10.1 Å². The average Bonchev–Trinajstić information content (AvgIpc) is 3.15. The molecule has 2 saturated heterocycles. The van der Waals surface area contributed by atoms with Gasteiger partial charge in [-0.25, -0.2) is 14.3 Å². The summed E-state index contributed by atoms with van der Waals surface area (Å²) in [5, 5.41) is 30.5. The van der Waals surface area contributed by atoms with E-state index in [1.807, 2.05) is 0 Å². The van der Waals surface area contributed by atoms with E-state index in [-0.39, 0.29) is 24.0 Å². The highest BCUT2D eigenvalue weighted by atomic mass is 32.2. The van der Waals surface area contributed by atoms with Gasteiger partial charge in [-0.05, 0) is 16.7 Å². The molecule has 0 aliphatic carbocycles. The van der Waals surface area contributed by atoms with Crippen LogP contribution in [0.1, 0.15) is 0 Å². The zero-order chi connectivity index (χ0) is 17.9. The average molecular weight is 384 g/mol. The largest absolute Gasteiger partial charge is 0.477 e. The number of carbonyl (C=O) groups excluding carboxylic acids is 1. The first-order chi connectivity index (χ1) is 11.9. The maximum atomic E-state index is 12.4. The molecule has 13 heteroatoms. The fourth-order valence-electron chi connectivity index (χ4n) is 3.45. The van der Waals surface area contributed by atoms with E-state index < -0.39 is 30.1 Å². The SMILES string of the molecule is CSc1nnnn1CC1=C(C(=O)O)N2C(=O)[C@@H]3[C@H]2[C@@H](CN3C(=O)O)S1. The molecular formula is C12H12N6O5S2. The van der Waals surface area contributed by atoms with Crippen LogP contribution < -0.4 is 0 Å². The van der Waals surface area contributed by atoms with Crippen LogP contribution in [0.5, 0.6) is 0 Å². The second kappa shape index (κ2) is 5.62.